The fraction of sp³-hybridized carbons (Fsp3) is 0.833. The molecule has 1 fully saturated rings. The molecule has 118 valence electrons. The van der Waals surface area contributed by atoms with E-state index < -0.39 is 0 Å². The van der Waals surface area contributed by atoms with E-state index >= 15 is 0 Å². The molecule has 1 aromatic rings. The van der Waals surface area contributed by atoms with Crippen LogP contribution < -0.4 is 10.6 Å². The minimum atomic E-state index is 0.0214. The zero-order chi connectivity index (χ0) is 15.1. The van der Waals surface area contributed by atoms with Gasteiger partial charge in [0.25, 0.3) is 0 Å². The van der Waals surface area contributed by atoms with Crippen molar-refractivity contribution in [1.82, 2.24) is 35.7 Å². The van der Waals surface area contributed by atoms with Gasteiger partial charge in [-0.15, -0.1) is 5.10 Å². The summed E-state index contributed by atoms with van der Waals surface area (Å²) >= 11 is 1.58. The van der Waals surface area contributed by atoms with E-state index in [1.165, 1.54) is 0 Å². The molecule has 1 aliphatic rings. The molecule has 2 N–H and O–H groups in total. The fourth-order valence-corrected chi connectivity index (χ4v) is 2.85. The molecule has 0 unspecified atom stereocenters. The van der Waals surface area contributed by atoms with Gasteiger partial charge < -0.3 is 15.5 Å². The Kier molecular flexibility index (Phi) is 6.24. The molecule has 1 saturated heterocycles. The molecule has 2 rings (SSSR count). The second-order valence-corrected chi connectivity index (χ2v) is 6.41. The number of thioether (sulfide) groups is 1. The van der Waals surface area contributed by atoms with Gasteiger partial charge in [-0.1, -0.05) is 25.6 Å². The van der Waals surface area contributed by atoms with Crippen molar-refractivity contribution in [1.29, 1.82) is 0 Å². The molecule has 0 atom stereocenters. The first kappa shape index (κ1) is 16.0. The number of nitrogens with one attached hydrogen (secondary N) is 2. The van der Waals surface area contributed by atoms with E-state index in [2.05, 4.69) is 40.0 Å². The number of rotatable bonds is 9. The molecule has 0 aliphatic carbocycles. The van der Waals surface area contributed by atoms with Gasteiger partial charge in [0.2, 0.25) is 5.16 Å². The Balaban J connectivity index is 1.68. The summed E-state index contributed by atoms with van der Waals surface area (Å²) < 4.78 is 1.81. The van der Waals surface area contributed by atoms with Crippen molar-refractivity contribution < 1.29 is 4.79 Å². The van der Waals surface area contributed by atoms with Crippen LogP contribution in [0.1, 0.15) is 13.8 Å². The van der Waals surface area contributed by atoms with Crippen LogP contribution in [-0.4, -0.2) is 69.6 Å². The Morgan fingerprint density at radius 2 is 2.29 bits per heavy atom. The van der Waals surface area contributed by atoms with Gasteiger partial charge in [-0.3, -0.25) is 0 Å². The molecule has 0 spiro atoms. The van der Waals surface area contributed by atoms with Crippen molar-refractivity contribution in [3.05, 3.63) is 0 Å². The number of nitrogens with zero attached hydrogens (tertiary/aromatic N) is 5. The largest absolute Gasteiger partial charge is 0.336 e. The second kappa shape index (κ2) is 8.18. The zero-order valence-corrected chi connectivity index (χ0v) is 13.4. The Morgan fingerprint density at radius 3 is 3.00 bits per heavy atom. The van der Waals surface area contributed by atoms with Crippen molar-refractivity contribution in [2.45, 2.75) is 25.5 Å². The lowest BCUT2D eigenvalue weighted by Gasteiger charge is -2.13. The summed E-state index contributed by atoms with van der Waals surface area (Å²) in [5.74, 6) is 1.44. The van der Waals surface area contributed by atoms with E-state index in [1.807, 2.05) is 9.58 Å². The number of tetrazole rings is 1. The predicted octanol–water partition coefficient (Wildman–Crippen LogP) is 0.0360. The number of urea groups is 1. The standard InChI is InChI=1S/C12H23N7OS/c1-10(2)9-13-3-6-19-12(15-16-17-19)21-8-7-18-5-4-14-11(18)20/h10,13H,3-9H2,1-2H3,(H,14,20). The van der Waals surface area contributed by atoms with E-state index in [0.29, 0.717) is 5.92 Å². The number of aromatic nitrogens is 4. The number of hydrogen-bond donors (Lipinski definition) is 2. The lowest BCUT2D eigenvalue weighted by Crippen LogP contribution is -2.30. The minimum absolute atomic E-state index is 0.0214. The molecule has 2 heterocycles. The van der Waals surface area contributed by atoms with Crippen LogP contribution in [-0.2, 0) is 6.54 Å². The van der Waals surface area contributed by atoms with Gasteiger partial charge in [0.05, 0.1) is 6.54 Å². The van der Waals surface area contributed by atoms with Gasteiger partial charge in [0.1, 0.15) is 0 Å². The van der Waals surface area contributed by atoms with Gasteiger partial charge in [-0.05, 0) is 22.9 Å². The fourth-order valence-electron chi connectivity index (χ4n) is 1.99. The molecule has 0 bridgehead atoms. The molecule has 0 aromatic carbocycles. The van der Waals surface area contributed by atoms with Crippen molar-refractivity contribution >= 4 is 17.8 Å². The minimum Gasteiger partial charge on any atom is -0.336 e. The lowest BCUT2D eigenvalue weighted by atomic mass is 10.2. The van der Waals surface area contributed by atoms with E-state index in [1.54, 1.807) is 11.8 Å². The van der Waals surface area contributed by atoms with Crippen LogP contribution in [0.5, 0.6) is 0 Å². The number of carbonyl (C=O) groups is 1. The molecule has 2 amide bonds. The Bertz CT molecular complexity index is 451. The van der Waals surface area contributed by atoms with Crippen LogP contribution in [0.15, 0.2) is 5.16 Å². The summed E-state index contributed by atoms with van der Waals surface area (Å²) in [6.45, 7) is 9.20. The number of carbonyl (C=O) groups excluding carboxylic acids is 1. The van der Waals surface area contributed by atoms with Crippen molar-refractivity contribution in [3.8, 4) is 0 Å². The first-order chi connectivity index (χ1) is 10.2. The van der Waals surface area contributed by atoms with Crippen LogP contribution in [0.25, 0.3) is 0 Å². The number of amides is 2. The Hall–Kier alpha value is -1.35. The third kappa shape index (κ3) is 5.16. The van der Waals surface area contributed by atoms with Crippen molar-refractivity contribution in [2.24, 2.45) is 5.92 Å². The molecule has 1 aliphatic heterocycles. The molecule has 9 heteroatoms. The summed E-state index contributed by atoms with van der Waals surface area (Å²) in [7, 11) is 0. The molecule has 21 heavy (non-hydrogen) atoms. The van der Waals surface area contributed by atoms with Crippen LogP contribution in [0, 0.1) is 5.92 Å². The Labute approximate surface area is 129 Å². The second-order valence-electron chi connectivity index (χ2n) is 5.35. The summed E-state index contributed by atoms with van der Waals surface area (Å²) in [5, 5.41) is 18.7. The van der Waals surface area contributed by atoms with Crippen molar-refractivity contribution in [3.63, 3.8) is 0 Å². The summed E-state index contributed by atoms with van der Waals surface area (Å²) in [4.78, 5) is 13.2. The van der Waals surface area contributed by atoms with Gasteiger partial charge in [-0.2, -0.15) is 0 Å². The van der Waals surface area contributed by atoms with E-state index in [4.69, 9.17) is 0 Å². The third-order valence-corrected chi connectivity index (χ3v) is 4.03. The highest BCUT2D eigenvalue weighted by molar-refractivity contribution is 7.99. The summed E-state index contributed by atoms with van der Waals surface area (Å²) in [6.07, 6.45) is 0. The van der Waals surface area contributed by atoms with E-state index in [-0.39, 0.29) is 6.03 Å². The van der Waals surface area contributed by atoms with Gasteiger partial charge in [-0.25, -0.2) is 9.48 Å². The smallest absolute Gasteiger partial charge is 0.317 e. The maximum absolute atomic E-state index is 11.4. The van der Waals surface area contributed by atoms with Crippen LogP contribution in [0.2, 0.25) is 0 Å². The van der Waals surface area contributed by atoms with Gasteiger partial charge in [0.15, 0.2) is 0 Å². The first-order valence-electron chi connectivity index (χ1n) is 7.29. The maximum Gasteiger partial charge on any atom is 0.317 e. The van der Waals surface area contributed by atoms with Gasteiger partial charge in [0, 0.05) is 31.9 Å². The first-order valence-corrected chi connectivity index (χ1v) is 8.28. The third-order valence-electron chi connectivity index (χ3n) is 3.09. The van der Waals surface area contributed by atoms with Crippen LogP contribution in [0.4, 0.5) is 4.79 Å². The average molecular weight is 313 g/mol. The monoisotopic (exact) mass is 313 g/mol. The highest BCUT2D eigenvalue weighted by Gasteiger charge is 2.19. The molecular weight excluding hydrogens is 290 g/mol. The molecular formula is C12H23N7OS. The highest BCUT2D eigenvalue weighted by atomic mass is 32.2. The zero-order valence-electron chi connectivity index (χ0n) is 12.6. The molecule has 1 aromatic heterocycles. The Morgan fingerprint density at radius 1 is 1.43 bits per heavy atom. The molecule has 8 nitrogen and oxygen atoms in total. The molecule has 0 saturated carbocycles. The lowest BCUT2D eigenvalue weighted by molar-refractivity contribution is 0.220. The van der Waals surface area contributed by atoms with Crippen molar-refractivity contribution in [2.75, 3.05) is 38.5 Å². The van der Waals surface area contributed by atoms with E-state index in [9.17, 15) is 4.79 Å². The normalized spacial score (nSPS) is 15.0. The summed E-state index contributed by atoms with van der Waals surface area (Å²) in [5.41, 5.74) is 0. The SMILES string of the molecule is CC(C)CNCCn1nnnc1SCCN1CCNC1=O. The topological polar surface area (TPSA) is 88.0 Å². The quantitative estimate of drug-likeness (QED) is 0.494. The maximum atomic E-state index is 11.4. The van der Waals surface area contributed by atoms with Crippen LogP contribution >= 0.6 is 11.8 Å². The van der Waals surface area contributed by atoms with Crippen LogP contribution in [0.3, 0.4) is 0 Å². The highest BCUT2D eigenvalue weighted by Crippen LogP contribution is 2.13. The number of hydrogen-bond acceptors (Lipinski definition) is 6. The predicted molar refractivity (Wildman–Crippen MR) is 81.2 cm³/mol. The van der Waals surface area contributed by atoms with E-state index in [0.717, 1.165) is 50.2 Å². The van der Waals surface area contributed by atoms with Gasteiger partial charge >= 0.3 is 6.03 Å². The molecule has 0 radical (unpaired) electrons. The average Bonchev–Trinajstić information content (AvgIpc) is 3.05. The summed E-state index contributed by atoms with van der Waals surface area (Å²) in [6, 6.07) is 0.0214.